The Hall–Kier alpha value is -2.11. The fourth-order valence-electron chi connectivity index (χ4n) is 1.53. The van der Waals surface area contributed by atoms with Crippen molar-refractivity contribution in [1.29, 1.82) is 0 Å². The lowest BCUT2D eigenvalue weighted by Gasteiger charge is -2.09. The molecule has 6 nitrogen and oxygen atoms in total. The zero-order valence-electron chi connectivity index (χ0n) is 10.1. The van der Waals surface area contributed by atoms with E-state index in [4.69, 9.17) is 4.74 Å². The van der Waals surface area contributed by atoms with Crippen molar-refractivity contribution in [2.24, 2.45) is 7.05 Å². The van der Waals surface area contributed by atoms with Crippen molar-refractivity contribution in [2.45, 2.75) is 13.5 Å². The van der Waals surface area contributed by atoms with Crippen molar-refractivity contribution in [3.05, 3.63) is 29.6 Å². The number of aryl methyl sites for hydroxylation is 2. The number of rotatable bonds is 4. The van der Waals surface area contributed by atoms with Gasteiger partial charge in [0.15, 0.2) is 5.82 Å². The number of aromatic nitrogens is 4. The van der Waals surface area contributed by atoms with Crippen molar-refractivity contribution in [1.82, 2.24) is 20.2 Å². The Labute approximate surface area is 99.6 Å². The zero-order chi connectivity index (χ0) is 12.3. The molecule has 0 fully saturated rings. The van der Waals surface area contributed by atoms with E-state index in [1.807, 2.05) is 25.1 Å². The second-order valence-corrected chi connectivity index (χ2v) is 3.73. The van der Waals surface area contributed by atoms with Gasteiger partial charge in [0.2, 0.25) is 0 Å². The van der Waals surface area contributed by atoms with Crippen LogP contribution in [-0.4, -0.2) is 27.3 Å². The molecule has 6 heteroatoms. The van der Waals surface area contributed by atoms with E-state index in [1.165, 1.54) is 4.80 Å². The summed E-state index contributed by atoms with van der Waals surface area (Å²) in [6.45, 7) is 2.58. The molecule has 0 saturated carbocycles. The van der Waals surface area contributed by atoms with Gasteiger partial charge in [-0.05, 0) is 35.9 Å². The van der Waals surface area contributed by atoms with Crippen LogP contribution in [0.25, 0.3) is 0 Å². The minimum atomic E-state index is 0.557. The monoisotopic (exact) mass is 233 g/mol. The minimum absolute atomic E-state index is 0.557. The molecule has 0 aliphatic carbocycles. The molecular weight excluding hydrogens is 218 g/mol. The van der Waals surface area contributed by atoms with Crippen LogP contribution in [0.2, 0.25) is 0 Å². The van der Waals surface area contributed by atoms with E-state index >= 15 is 0 Å². The topological polar surface area (TPSA) is 64.9 Å². The van der Waals surface area contributed by atoms with Crippen molar-refractivity contribution in [2.75, 3.05) is 12.4 Å². The number of nitrogens with one attached hydrogen (secondary N) is 1. The van der Waals surface area contributed by atoms with Gasteiger partial charge in [-0.2, -0.15) is 4.80 Å². The summed E-state index contributed by atoms with van der Waals surface area (Å²) >= 11 is 0. The van der Waals surface area contributed by atoms with Crippen molar-refractivity contribution in [3.63, 3.8) is 0 Å². The molecule has 0 amide bonds. The third-order valence-electron chi connectivity index (χ3n) is 2.42. The molecule has 2 rings (SSSR count). The maximum Gasteiger partial charge on any atom is 0.193 e. The van der Waals surface area contributed by atoms with Gasteiger partial charge in [-0.25, -0.2) is 0 Å². The number of methoxy groups -OCH3 is 1. The average Bonchev–Trinajstić information content (AvgIpc) is 2.73. The summed E-state index contributed by atoms with van der Waals surface area (Å²) in [6.07, 6.45) is 0. The van der Waals surface area contributed by atoms with E-state index in [9.17, 15) is 0 Å². The van der Waals surface area contributed by atoms with Crippen LogP contribution in [0.4, 0.5) is 5.69 Å². The highest BCUT2D eigenvalue weighted by Crippen LogP contribution is 2.21. The average molecular weight is 233 g/mol. The number of ether oxygens (including phenoxy) is 1. The molecule has 0 unspecified atom stereocenters. The molecular formula is C11H15N5O. The van der Waals surface area contributed by atoms with E-state index in [0.29, 0.717) is 12.4 Å². The summed E-state index contributed by atoms with van der Waals surface area (Å²) in [4.78, 5) is 1.44. The largest absolute Gasteiger partial charge is 0.497 e. The van der Waals surface area contributed by atoms with Gasteiger partial charge in [0.05, 0.1) is 20.7 Å². The van der Waals surface area contributed by atoms with Crippen LogP contribution < -0.4 is 10.1 Å². The molecule has 1 heterocycles. The van der Waals surface area contributed by atoms with Crippen LogP contribution in [0.1, 0.15) is 11.4 Å². The Kier molecular flexibility index (Phi) is 3.22. The fourth-order valence-corrected chi connectivity index (χ4v) is 1.53. The molecule has 0 saturated heterocycles. The van der Waals surface area contributed by atoms with Crippen LogP contribution in [-0.2, 0) is 13.6 Å². The predicted octanol–water partition coefficient (Wildman–Crippen LogP) is 1.14. The Morgan fingerprint density at radius 2 is 2.24 bits per heavy atom. The van der Waals surface area contributed by atoms with Crippen molar-refractivity contribution >= 4 is 5.69 Å². The molecule has 1 aromatic carbocycles. The molecule has 17 heavy (non-hydrogen) atoms. The SMILES string of the molecule is COc1ccc(NCc2nnn(C)n2)c(C)c1. The first-order chi connectivity index (χ1) is 8.19. The van der Waals surface area contributed by atoms with Crippen LogP contribution >= 0.6 is 0 Å². The van der Waals surface area contributed by atoms with E-state index in [1.54, 1.807) is 14.2 Å². The highest BCUT2D eigenvalue weighted by atomic mass is 16.5. The van der Waals surface area contributed by atoms with Gasteiger partial charge in [-0.3, -0.25) is 0 Å². The molecule has 90 valence electrons. The van der Waals surface area contributed by atoms with E-state index < -0.39 is 0 Å². The Morgan fingerprint density at radius 3 is 2.82 bits per heavy atom. The summed E-state index contributed by atoms with van der Waals surface area (Å²) in [5, 5.41) is 15.0. The molecule has 0 bridgehead atoms. The lowest BCUT2D eigenvalue weighted by Crippen LogP contribution is -2.03. The van der Waals surface area contributed by atoms with Gasteiger partial charge in [-0.1, -0.05) is 0 Å². The Bertz CT molecular complexity index is 508. The molecule has 0 spiro atoms. The number of hydrogen-bond acceptors (Lipinski definition) is 5. The van der Waals surface area contributed by atoms with Crippen LogP contribution in [0.15, 0.2) is 18.2 Å². The number of nitrogens with zero attached hydrogens (tertiary/aromatic N) is 4. The van der Waals surface area contributed by atoms with E-state index in [0.717, 1.165) is 17.0 Å². The predicted molar refractivity (Wildman–Crippen MR) is 63.9 cm³/mol. The molecule has 1 aromatic heterocycles. The summed E-state index contributed by atoms with van der Waals surface area (Å²) in [6, 6.07) is 5.87. The van der Waals surface area contributed by atoms with Gasteiger partial charge in [-0.15, -0.1) is 10.2 Å². The number of tetrazole rings is 1. The third kappa shape index (κ3) is 2.72. The molecule has 0 atom stereocenters. The highest BCUT2D eigenvalue weighted by Gasteiger charge is 2.03. The first-order valence-corrected chi connectivity index (χ1v) is 5.30. The van der Waals surface area contributed by atoms with Crippen molar-refractivity contribution < 1.29 is 4.74 Å². The van der Waals surface area contributed by atoms with E-state index in [-0.39, 0.29) is 0 Å². The molecule has 2 aromatic rings. The van der Waals surface area contributed by atoms with Gasteiger partial charge < -0.3 is 10.1 Å². The first-order valence-electron chi connectivity index (χ1n) is 5.30. The second-order valence-electron chi connectivity index (χ2n) is 3.73. The van der Waals surface area contributed by atoms with Gasteiger partial charge in [0.25, 0.3) is 0 Å². The van der Waals surface area contributed by atoms with Gasteiger partial charge in [0.1, 0.15) is 5.75 Å². The summed E-state index contributed by atoms with van der Waals surface area (Å²) in [5.74, 6) is 1.52. The zero-order valence-corrected chi connectivity index (χ0v) is 10.1. The summed E-state index contributed by atoms with van der Waals surface area (Å²) in [5.41, 5.74) is 2.16. The number of benzene rings is 1. The first kappa shape index (κ1) is 11.4. The Morgan fingerprint density at radius 1 is 1.41 bits per heavy atom. The number of hydrogen-bond donors (Lipinski definition) is 1. The summed E-state index contributed by atoms with van der Waals surface area (Å²) in [7, 11) is 3.40. The maximum atomic E-state index is 5.15. The van der Waals surface area contributed by atoms with Crippen molar-refractivity contribution in [3.8, 4) is 5.75 Å². The standard InChI is InChI=1S/C11H15N5O/c1-8-6-9(17-3)4-5-10(8)12-7-11-13-15-16(2)14-11/h4-6,12H,7H2,1-3H3. The fraction of sp³-hybridized carbons (Fsp3) is 0.364. The third-order valence-corrected chi connectivity index (χ3v) is 2.42. The van der Waals surface area contributed by atoms with Gasteiger partial charge in [0, 0.05) is 5.69 Å². The van der Waals surface area contributed by atoms with Crippen LogP contribution in [0, 0.1) is 6.92 Å². The smallest absolute Gasteiger partial charge is 0.193 e. The number of anilines is 1. The summed E-state index contributed by atoms with van der Waals surface area (Å²) < 4.78 is 5.15. The Balaban J connectivity index is 2.04. The molecule has 1 N–H and O–H groups in total. The molecule has 0 aliphatic rings. The molecule has 0 radical (unpaired) electrons. The minimum Gasteiger partial charge on any atom is -0.497 e. The molecule has 0 aliphatic heterocycles. The lowest BCUT2D eigenvalue weighted by molar-refractivity contribution is 0.414. The van der Waals surface area contributed by atoms with Crippen LogP contribution in [0.3, 0.4) is 0 Å². The van der Waals surface area contributed by atoms with Crippen LogP contribution in [0.5, 0.6) is 5.75 Å². The van der Waals surface area contributed by atoms with E-state index in [2.05, 4.69) is 20.7 Å². The second kappa shape index (κ2) is 4.82. The normalized spacial score (nSPS) is 10.3. The lowest BCUT2D eigenvalue weighted by atomic mass is 10.2. The quantitative estimate of drug-likeness (QED) is 0.857. The highest BCUT2D eigenvalue weighted by molar-refractivity contribution is 5.53. The maximum absolute atomic E-state index is 5.15. The van der Waals surface area contributed by atoms with Gasteiger partial charge >= 0.3 is 0 Å².